The Morgan fingerprint density at radius 2 is 2.10 bits per heavy atom. The first kappa shape index (κ1) is 14.5. The van der Waals surface area contributed by atoms with Gasteiger partial charge in [-0.3, -0.25) is 4.79 Å². The quantitative estimate of drug-likeness (QED) is 0.768. The summed E-state index contributed by atoms with van der Waals surface area (Å²) in [4.78, 5) is 25.1. The fourth-order valence-electron chi connectivity index (χ4n) is 2.04. The predicted octanol–water partition coefficient (Wildman–Crippen LogP) is 0.769. The lowest BCUT2D eigenvalue weighted by molar-refractivity contribution is -0.162. The van der Waals surface area contributed by atoms with Crippen LogP contribution in [0.3, 0.4) is 0 Å². The zero-order chi connectivity index (χ0) is 14.5. The van der Waals surface area contributed by atoms with Gasteiger partial charge in [0.15, 0.2) is 6.10 Å². The molecule has 1 heterocycles. The molecule has 0 radical (unpaired) electrons. The number of hydrogen-bond donors (Lipinski definition) is 0. The second kappa shape index (κ2) is 6.47. The van der Waals surface area contributed by atoms with E-state index < -0.39 is 12.1 Å². The summed E-state index contributed by atoms with van der Waals surface area (Å²) in [5.74, 6) is -0.934. The molecular weight excluding hydrogens is 265 g/mol. The number of morpholine rings is 1. The van der Waals surface area contributed by atoms with Gasteiger partial charge in [0, 0.05) is 6.54 Å². The molecule has 1 unspecified atom stereocenters. The van der Waals surface area contributed by atoms with E-state index in [0.29, 0.717) is 13.2 Å². The van der Waals surface area contributed by atoms with Crippen molar-refractivity contribution < 1.29 is 23.5 Å². The minimum atomic E-state index is -0.731. The van der Waals surface area contributed by atoms with E-state index in [1.54, 1.807) is 17.0 Å². The molecule has 0 aliphatic carbocycles. The van der Waals surface area contributed by atoms with Crippen molar-refractivity contribution in [2.75, 3.05) is 26.8 Å². The lowest BCUT2D eigenvalue weighted by Gasteiger charge is -2.31. The second-order valence-corrected chi connectivity index (χ2v) is 4.53. The molecule has 0 bridgehead atoms. The predicted molar refractivity (Wildman–Crippen MR) is 68.4 cm³/mol. The molecule has 0 N–H and O–H groups in total. The third-order valence-electron chi connectivity index (χ3n) is 3.15. The molecule has 1 amide bonds. The number of ether oxygens (including phenoxy) is 2. The number of benzene rings is 1. The van der Waals surface area contributed by atoms with Crippen LogP contribution in [0.15, 0.2) is 24.3 Å². The van der Waals surface area contributed by atoms with Crippen LogP contribution in [0.4, 0.5) is 4.39 Å². The summed E-state index contributed by atoms with van der Waals surface area (Å²) in [7, 11) is 1.28. The van der Waals surface area contributed by atoms with Gasteiger partial charge in [0.05, 0.1) is 26.7 Å². The molecule has 6 heteroatoms. The van der Waals surface area contributed by atoms with E-state index in [4.69, 9.17) is 4.74 Å². The van der Waals surface area contributed by atoms with Crippen molar-refractivity contribution in [3.05, 3.63) is 35.6 Å². The smallest absolute Gasteiger partial charge is 0.336 e. The zero-order valence-corrected chi connectivity index (χ0v) is 11.2. The Bertz CT molecular complexity index is 488. The minimum Gasteiger partial charge on any atom is -0.467 e. The van der Waals surface area contributed by atoms with E-state index in [-0.39, 0.29) is 24.7 Å². The maximum absolute atomic E-state index is 12.8. The van der Waals surface area contributed by atoms with Gasteiger partial charge in [-0.1, -0.05) is 12.1 Å². The fourth-order valence-corrected chi connectivity index (χ4v) is 2.04. The Morgan fingerprint density at radius 1 is 1.40 bits per heavy atom. The summed E-state index contributed by atoms with van der Waals surface area (Å²) in [5, 5.41) is 0. The lowest BCUT2D eigenvalue weighted by Crippen LogP contribution is -2.49. The number of esters is 1. The van der Waals surface area contributed by atoms with Gasteiger partial charge in [0.1, 0.15) is 5.82 Å². The first-order valence-electron chi connectivity index (χ1n) is 6.32. The summed E-state index contributed by atoms with van der Waals surface area (Å²) in [6, 6.07) is 5.79. The number of carbonyl (C=O) groups is 2. The average molecular weight is 281 g/mol. The number of rotatable bonds is 3. The number of halogens is 1. The van der Waals surface area contributed by atoms with Crippen molar-refractivity contribution in [3.8, 4) is 0 Å². The van der Waals surface area contributed by atoms with E-state index in [1.807, 2.05) is 0 Å². The van der Waals surface area contributed by atoms with Crippen LogP contribution < -0.4 is 0 Å². The fraction of sp³-hybridized carbons (Fsp3) is 0.429. The van der Waals surface area contributed by atoms with Crippen molar-refractivity contribution in [1.29, 1.82) is 0 Å². The Kier molecular flexibility index (Phi) is 4.68. The summed E-state index contributed by atoms with van der Waals surface area (Å²) in [6.07, 6.45) is -0.556. The highest BCUT2D eigenvalue weighted by Gasteiger charge is 2.29. The molecule has 0 saturated carbocycles. The normalized spacial score (nSPS) is 18.7. The van der Waals surface area contributed by atoms with Gasteiger partial charge < -0.3 is 14.4 Å². The van der Waals surface area contributed by atoms with E-state index in [0.717, 1.165) is 5.56 Å². The van der Waals surface area contributed by atoms with Crippen LogP contribution in [-0.2, 0) is 25.5 Å². The first-order chi connectivity index (χ1) is 9.60. The zero-order valence-electron chi connectivity index (χ0n) is 11.2. The average Bonchev–Trinajstić information content (AvgIpc) is 2.49. The van der Waals surface area contributed by atoms with E-state index in [9.17, 15) is 14.0 Å². The molecule has 0 aromatic heterocycles. The standard InChI is InChI=1S/C14H16FNO4/c1-19-14(18)12-9-16(6-7-20-12)13(17)8-10-2-4-11(15)5-3-10/h2-5,12H,6-9H2,1H3. The Morgan fingerprint density at radius 3 is 2.75 bits per heavy atom. The highest BCUT2D eigenvalue weighted by atomic mass is 19.1. The Balaban J connectivity index is 1.95. The van der Waals surface area contributed by atoms with E-state index in [1.165, 1.54) is 19.2 Å². The number of methoxy groups -OCH3 is 1. The molecule has 0 spiro atoms. The number of carbonyl (C=O) groups excluding carboxylic acids is 2. The molecule has 2 rings (SSSR count). The maximum Gasteiger partial charge on any atom is 0.336 e. The van der Waals surface area contributed by atoms with Gasteiger partial charge in [0.25, 0.3) is 0 Å². The monoisotopic (exact) mass is 281 g/mol. The number of amides is 1. The molecule has 1 atom stereocenters. The van der Waals surface area contributed by atoms with Gasteiger partial charge in [-0.05, 0) is 17.7 Å². The van der Waals surface area contributed by atoms with Crippen LogP contribution in [0.2, 0.25) is 0 Å². The summed E-state index contributed by atoms with van der Waals surface area (Å²) >= 11 is 0. The number of nitrogens with zero attached hydrogens (tertiary/aromatic N) is 1. The molecule has 20 heavy (non-hydrogen) atoms. The Hall–Kier alpha value is -1.95. The highest BCUT2D eigenvalue weighted by molar-refractivity contribution is 5.81. The molecule has 1 aromatic rings. The van der Waals surface area contributed by atoms with Gasteiger partial charge >= 0.3 is 5.97 Å². The topological polar surface area (TPSA) is 55.8 Å². The van der Waals surface area contributed by atoms with Gasteiger partial charge in [-0.25, -0.2) is 9.18 Å². The van der Waals surface area contributed by atoms with E-state index in [2.05, 4.69) is 4.74 Å². The van der Waals surface area contributed by atoms with Crippen LogP contribution in [0, 0.1) is 5.82 Å². The largest absolute Gasteiger partial charge is 0.467 e. The molecule has 1 aromatic carbocycles. The van der Waals surface area contributed by atoms with Crippen molar-refractivity contribution in [2.24, 2.45) is 0 Å². The molecular formula is C14H16FNO4. The molecule has 1 aliphatic heterocycles. The van der Waals surface area contributed by atoms with Gasteiger partial charge in [0.2, 0.25) is 5.91 Å². The molecule has 5 nitrogen and oxygen atoms in total. The van der Waals surface area contributed by atoms with Crippen LogP contribution in [0.1, 0.15) is 5.56 Å². The summed E-state index contributed by atoms with van der Waals surface area (Å²) in [5.41, 5.74) is 0.734. The SMILES string of the molecule is COC(=O)C1CN(C(=O)Cc2ccc(F)cc2)CCO1. The van der Waals surface area contributed by atoms with Crippen LogP contribution in [-0.4, -0.2) is 49.7 Å². The van der Waals surface area contributed by atoms with Crippen molar-refractivity contribution in [1.82, 2.24) is 4.90 Å². The van der Waals surface area contributed by atoms with Gasteiger partial charge in [-0.2, -0.15) is 0 Å². The number of hydrogen-bond acceptors (Lipinski definition) is 4. The van der Waals surface area contributed by atoms with E-state index >= 15 is 0 Å². The molecule has 108 valence electrons. The van der Waals surface area contributed by atoms with Crippen LogP contribution in [0.25, 0.3) is 0 Å². The highest BCUT2D eigenvalue weighted by Crippen LogP contribution is 2.10. The molecule has 1 aliphatic rings. The van der Waals surface area contributed by atoms with Crippen molar-refractivity contribution >= 4 is 11.9 Å². The van der Waals surface area contributed by atoms with Crippen molar-refractivity contribution in [2.45, 2.75) is 12.5 Å². The summed E-state index contributed by atoms with van der Waals surface area (Å²) < 4.78 is 22.7. The lowest BCUT2D eigenvalue weighted by atomic mass is 10.1. The third-order valence-corrected chi connectivity index (χ3v) is 3.15. The maximum atomic E-state index is 12.8. The third kappa shape index (κ3) is 3.54. The Labute approximate surface area is 116 Å². The van der Waals surface area contributed by atoms with Crippen molar-refractivity contribution in [3.63, 3.8) is 0 Å². The van der Waals surface area contributed by atoms with Crippen LogP contribution in [0.5, 0.6) is 0 Å². The molecule has 1 saturated heterocycles. The van der Waals surface area contributed by atoms with Crippen LogP contribution >= 0.6 is 0 Å². The minimum absolute atomic E-state index is 0.117. The second-order valence-electron chi connectivity index (χ2n) is 4.53. The molecule has 1 fully saturated rings. The first-order valence-corrected chi connectivity index (χ1v) is 6.32. The van der Waals surface area contributed by atoms with Gasteiger partial charge in [-0.15, -0.1) is 0 Å². The summed E-state index contributed by atoms with van der Waals surface area (Å²) in [6.45, 7) is 0.926.